The van der Waals surface area contributed by atoms with Gasteiger partial charge in [0.05, 0.1) is 11.4 Å². The summed E-state index contributed by atoms with van der Waals surface area (Å²) in [6.45, 7) is 4.14. The lowest BCUT2D eigenvalue weighted by molar-refractivity contribution is -0.118. The highest BCUT2D eigenvalue weighted by Crippen LogP contribution is 2.25. The molecule has 2 rings (SSSR count). The van der Waals surface area contributed by atoms with Crippen molar-refractivity contribution in [3.05, 3.63) is 70.8 Å². The van der Waals surface area contributed by atoms with Crippen molar-refractivity contribution in [2.75, 3.05) is 5.33 Å². The molecular weight excluding hydrogens is 314 g/mol. The van der Waals surface area contributed by atoms with Crippen LogP contribution >= 0.6 is 15.9 Å². The summed E-state index contributed by atoms with van der Waals surface area (Å²) in [7, 11) is 0. The van der Waals surface area contributed by atoms with Gasteiger partial charge in [-0.3, -0.25) is 4.79 Å². The molecule has 0 aromatic heterocycles. The van der Waals surface area contributed by atoms with E-state index in [0.717, 1.165) is 11.1 Å². The van der Waals surface area contributed by atoms with Crippen LogP contribution in [-0.2, 0) is 4.79 Å². The molecule has 0 aliphatic rings. The molecule has 20 heavy (non-hydrogen) atoms. The van der Waals surface area contributed by atoms with E-state index < -0.39 is 0 Å². The Labute approximate surface area is 128 Å². The van der Waals surface area contributed by atoms with Crippen molar-refractivity contribution in [2.24, 2.45) is 0 Å². The SMILES string of the molecule is Cc1ccc(C)c(C(NC(=O)CBr)c2ccccc2)c1. The molecule has 0 radical (unpaired) electrons. The van der Waals surface area contributed by atoms with Gasteiger partial charge in [0.15, 0.2) is 0 Å². The first-order chi connectivity index (χ1) is 9.61. The number of carbonyl (C=O) groups excluding carboxylic acids is 1. The Kier molecular flexibility index (Phi) is 4.96. The summed E-state index contributed by atoms with van der Waals surface area (Å²) >= 11 is 3.21. The van der Waals surface area contributed by atoms with Crippen LogP contribution in [0.15, 0.2) is 48.5 Å². The van der Waals surface area contributed by atoms with Crippen molar-refractivity contribution in [3.63, 3.8) is 0 Å². The minimum absolute atomic E-state index is 0.0141. The Morgan fingerprint density at radius 2 is 1.85 bits per heavy atom. The second-order valence-corrected chi connectivity index (χ2v) is 5.47. The number of carbonyl (C=O) groups is 1. The second kappa shape index (κ2) is 6.71. The van der Waals surface area contributed by atoms with E-state index in [9.17, 15) is 4.79 Å². The Hall–Kier alpha value is -1.61. The molecule has 1 unspecified atom stereocenters. The number of amides is 1. The number of rotatable bonds is 4. The molecule has 2 aromatic carbocycles. The van der Waals surface area contributed by atoms with E-state index in [-0.39, 0.29) is 11.9 Å². The van der Waals surface area contributed by atoms with Crippen LogP contribution in [-0.4, -0.2) is 11.2 Å². The number of hydrogen-bond acceptors (Lipinski definition) is 1. The van der Waals surface area contributed by atoms with Crippen molar-refractivity contribution in [3.8, 4) is 0 Å². The van der Waals surface area contributed by atoms with Crippen LogP contribution in [0.1, 0.15) is 28.3 Å². The molecule has 2 aromatic rings. The third kappa shape index (κ3) is 3.48. The highest BCUT2D eigenvalue weighted by Gasteiger charge is 2.18. The van der Waals surface area contributed by atoms with Crippen LogP contribution in [0.4, 0.5) is 0 Å². The van der Waals surface area contributed by atoms with Gasteiger partial charge in [0.2, 0.25) is 5.91 Å². The van der Waals surface area contributed by atoms with Crippen LogP contribution < -0.4 is 5.32 Å². The summed E-state index contributed by atoms with van der Waals surface area (Å²) < 4.78 is 0. The number of benzene rings is 2. The summed E-state index contributed by atoms with van der Waals surface area (Å²) in [6.07, 6.45) is 0. The van der Waals surface area contributed by atoms with Crippen LogP contribution in [0, 0.1) is 13.8 Å². The molecule has 3 heteroatoms. The van der Waals surface area contributed by atoms with E-state index in [0.29, 0.717) is 5.33 Å². The van der Waals surface area contributed by atoms with Gasteiger partial charge in [-0.2, -0.15) is 0 Å². The third-order valence-electron chi connectivity index (χ3n) is 3.31. The van der Waals surface area contributed by atoms with Gasteiger partial charge in [-0.1, -0.05) is 70.0 Å². The third-order valence-corrected chi connectivity index (χ3v) is 3.81. The molecule has 0 heterocycles. The highest BCUT2D eigenvalue weighted by atomic mass is 79.9. The quantitative estimate of drug-likeness (QED) is 0.845. The minimum atomic E-state index is -0.110. The van der Waals surface area contributed by atoms with E-state index in [4.69, 9.17) is 0 Å². The van der Waals surface area contributed by atoms with Gasteiger partial charge >= 0.3 is 0 Å². The predicted octanol–water partition coefficient (Wildman–Crippen LogP) is 3.90. The van der Waals surface area contributed by atoms with Crippen LogP contribution in [0.25, 0.3) is 0 Å². The van der Waals surface area contributed by atoms with E-state index in [1.54, 1.807) is 0 Å². The second-order valence-electron chi connectivity index (χ2n) is 4.90. The maximum atomic E-state index is 11.8. The van der Waals surface area contributed by atoms with Gasteiger partial charge in [-0.05, 0) is 30.5 Å². The molecule has 0 saturated heterocycles. The van der Waals surface area contributed by atoms with Crippen molar-refractivity contribution in [1.82, 2.24) is 5.32 Å². The summed E-state index contributed by atoms with van der Waals surface area (Å²) in [5.74, 6) is -0.0141. The Morgan fingerprint density at radius 1 is 1.15 bits per heavy atom. The molecular formula is C17H18BrNO. The first-order valence-electron chi connectivity index (χ1n) is 6.59. The number of halogens is 1. The molecule has 0 bridgehead atoms. The van der Waals surface area contributed by atoms with Crippen molar-refractivity contribution in [2.45, 2.75) is 19.9 Å². The van der Waals surface area contributed by atoms with E-state index >= 15 is 0 Å². The van der Waals surface area contributed by atoms with E-state index in [2.05, 4.69) is 53.3 Å². The molecule has 0 aliphatic carbocycles. The maximum Gasteiger partial charge on any atom is 0.231 e. The lowest BCUT2D eigenvalue weighted by Gasteiger charge is -2.22. The number of nitrogens with one attached hydrogen (secondary N) is 1. The van der Waals surface area contributed by atoms with Crippen molar-refractivity contribution in [1.29, 1.82) is 0 Å². The molecule has 104 valence electrons. The summed E-state index contributed by atoms with van der Waals surface area (Å²) in [5.41, 5.74) is 4.61. The molecule has 0 spiro atoms. The largest absolute Gasteiger partial charge is 0.344 e. The molecule has 2 nitrogen and oxygen atoms in total. The molecule has 1 atom stereocenters. The Bertz CT molecular complexity index is 595. The number of hydrogen-bond donors (Lipinski definition) is 1. The first-order valence-corrected chi connectivity index (χ1v) is 7.71. The van der Waals surface area contributed by atoms with Gasteiger partial charge in [-0.25, -0.2) is 0 Å². The molecule has 0 fully saturated rings. The normalized spacial score (nSPS) is 11.9. The topological polar surface area (TPSA) is 29.1 Å². The standard InChI is InChI=1S/C17H18BrNO/c1-12-8-9-13(2)15(10-12)17(19-16(20)11-18)14-6-4-3-5-7-14/h3-10,17H,11H2,1-2H3,(H,19,20). The smallest absolute Gasteiger partial charge is 0.231 e. The summed E-state index contributed by atoms with van der Waals surface area (Å²) in [5, 5.41) is 3.39. The fourth-order valence-corrected chi connectivity index (χ4v) is 2.42. The Balaban J connectivity index is 2.46. The van der Waals surface area contributed by atoms with Gasteiger partial charge < -0.3 is 5.32 Å². The first kappa shape index (κ1) is 14.8. The minimum Gasteiger partial charge on any atom is -0.344 e. The highest BCUT2D eigenvalue weighted by molar-refractivity contribution is 9.09. The zero-order valence-corrected chi connectivity index (χ0v) is 13.3. The molecule has 1 amide bonds. The van der Waals surface area contributed by atoms with Crippen LogP contribution in [0.5, 0.6) is 0 Å². The Morgan fingerprint density at radius 3 is 2.50 bits per heavy atom. The van der Waals surface area contributed by atoms with Gasteiger partial charge in [0.25, 0.3) is 0 Å². The number of alkyl halides is 1. The lowest BCUT2D eigenvalue weighted by atomic mass is 9.93. The fraction of sp³-hybridized carbons (Fsp3) is 0.235. The van der Waals surface area contributed by atoms with Crippen LogP contribution in [0.3, 0.4) is 0 Å². The summed E-state index contributed by atoms with van der Waals surface area (Å²) in [6, 6.07) is 16.3. The van der Waals surface area contributed by atoms with Crippen molar-refractivity contribution < 1.29 is 4.79 Å². The maximum absolute atomic E-state index is 11.8. The van der Waals surface area contributed by atoms with Gasteiger partial charge in [-0.15, -0.1) is 0 Å². The summed E-state index contributed by atoms with van der Waals surface area (Å²) in [4.78, 5) is 11.8. The fourth-order valence-electron chi connectivity index (χ4n) is 2.26. The van der Waals surface area contributed by atoms with Crippen LogP contribution in [0.2, 0.25) is 0 Å². The lowest BCUT2D eigenvalue weighted by Crippen LogP contribution is -2.30. The predicted molar refractivity (Wildman–Crippen MR) is 86.1 cm³/mol. The number of aryl methyl sites for hydroxylation is 2. The average molecular weight is 332 g/mol. The van der Waals surface area contributed by atoms with E-state index in [1.807, 2.05) is 30.3 Å². The van der Waals surface area contributed by atoms with E-state index in [1.165, 1.54) is 11.1 Å². The van der Waals surface area contributed by atoms with Gasteiger partial charge in [0, 0.05) is 0 Å². The monoisotopic (exact) mass is 331 g/mol. The average Bonchev–Trinajstić information content (AvgIpc) is 2.48. The molecule has 0 saturated carbocycles. The van der Waals surface area contributed by atoms with Gasteiger partial charge in [0.1, 0.15) is 0 Å². The molecule has 0 aliphatic heterocycles. The zero-order chi connectivity index (χ0) is 14.5. The zero-order valence-electron chi connectivity index (χ0n) is 11.7. The van der Waals surface area contributed by atoms with Crippen molar-refractivity contribution >= 4 is 21.8 Å². The molecule has 1 N–H and O–H groups in total.